The molecule has 122 valence electrons. The third kappa shape index (κ3) is 3.28. The van der Waals surface area contributed by atoms with Gasteiger partial charge < -0.3 is 10.2 Å². The van der Waals surface area contributed by atoms with E-state index in [0.29, 0.717) is 17.0 Å². The molecule has 5 heteroatoms. The van der Waals surface area contributed by atoms with Gasteiger partial charge in [-0.3, -0.25) is 4.79 Å². The van der Waals surface area contributed by atoms with Crippen LogP contribution in [0.5, 0.6) is 0 Å². The Balaban J connectivity index is 1.46. The molecule has 1 aromatic carbocycles. The van der Waals surface area contributed by atoms with Crippen molar-refractivity contribution in [2.24, 2.45) is 22.4 Å². The number of carbonyl (C=O) groups excluding carboxylic acids is 1. The van der Waals surface area contributed by atoms with Crippen molar-refractivity contribution in [1.29, 1.82) is 0 Å². The Morgan fingerprint density at radius 1 is 1.52 bits per heavy atom. The zero-order valence-corrected chi connectivity index (χ0v) is 13.4. The summed E-state index contributed by atoms with van der Waals surface area (Å²) in [6.07, 6.45) is 6.23. The van der Waals surface area contributed by atoms with E-state index < -0.39 is 5.82 Å². The lowest BCUT2D eigenvalue weighted by Gasteiger charge is -2.55. The number of hydrogen-bond donors (Lipinski definition) is 1. The van der Waals surface area contributed by atoms with E-state index in [1.807, 2.05) is 0 Å². The smallest absolute Gasteiger partial charge is 0.265 e. The summed E-state index contributed by atoms with van der Waals surface area (Å²) in [5, 5.41) is 6.47. The van der Waals surface area contributed by atoms with Gasteiger partial charge >= 0.3 is 0 Å². The molecule has 1 aromatic rings. The predicted molar refractivity (Wildman–Crippen MR) is 87.6 cm³/mol. The number of carbonyl (C=O) groups is 1. The number of nitrogens with zero attached hydrogens (tertiary/aromatic N) is 1. The van der Waals surface area contributed by atoms with E-state index in [-0.39, 0.29) is 12.5 Å². The zero-order chi connectivity index (χ0) is 16.4. The number of hydrogen-bond acceptors (Lipinski definition) is 3. The highest BCUT2D eigenvalue weighted by molar-refractivity contribution is 5.91. The van der Waals surface area contributed by atoms with Gasteiger partial charge in [-0.05, 0) is 53.9 Å². The van der Waals surface area contributed by atoms with Gasteiger partial charge in [0.15, 0.2) is 6.61 Å². The van der Waals surface area contributed by atoms with E-state index in [1.54, 1.807) is 12.3 Å². The number of rotatable bonds is 5. The van der Waals surface area contributed by atoms with Crippen LogP contribution < -0.4 is 5.32 Å². The molecule has 3 aliphatic carbocycles. The highest BCUT2D eigenvalue weighted by Crippen LogP contribution is 2.58. The second-order valence-corrected chi connectivity index (χ2v) is 6.81. The van der Waals surface area contributed by atoms with Crippen LogP contribution in [0.4, 0.5) is 10.1 Å². The van der Waals surface area contributed by atoms with Crippen molar-refractivity contribution in [1.82, 2.24) is 0 Å². The van der Waals surface area contributed by atoms with Crippen molar-refractivity contribution in [2.45, 2.75) is 26.7 Å². The summed E-state index contributed by atoms with van der Waals surface area (Å²) in [6, 6.07) is 5.73. The zero-order valence-electron chi connectivity index (χ0n) is 13.4. The molecule has 2 unspecified atom stereocenters. The molecule has 1 N–H and O–H groups in total. The minimum Gasteiger partial charge on any atom is -0.386 e. The molecule has 2 bridgehead atoms. The monoisotopic (exact) mass is 316 g/mol. The largest absolute Gasteiger partial charge is 0.386 e. The van der Waals surface area contributed by atoms with Crippen molar-refractivity contribution >= 4 is 17.8 Å². The van der Waals surface area contributed by atoms with Crippen LogP contribution in [0.2, 0.25) is 0 Å². The maximum atomic E-state index is 13.0. The van der Waals surface area contributed by atoms with Gasteiger partial charge in [0.05, 0.1) is 6.21 Å². The molecule has 1 amide bonds. The van der Waals surface area contributed by atoms with Gasteiger partial charge in [-0.2, -0.15) is 0 Å². The Morgan fingerprint density at radius 3 is 3.04 bits per heavy atom. The molecule has 0 spiro atoms. The molecule has 0 saturated heterocycles. The molecule has 1 saturated carbocycles. The molecule has 0 heterocycles. The fourth-order valence-electron chi connectivity index (χ4n) is 3.50. The van der Waals surface area contributed by atoms with Crippen LogP contribution in [-0.4, -0.2) is 18.7 Å². The van der Waals surface area contributed by atoms with Crippen LogP contribution in [0.25, 0.3) is 0 Å². The van der Waals surface area contributed by atoms with E-state index in [1.165, 1.54) is 30.2 Å². The lowest BCUT2D eigenvalue weighted by Crippen LogP contribution is -2.48. The number of amides is 1. The van der Waals surface area contributed by atoms with Crippen molar-refractivity contribution in [3.05, 3.63) is 41.7 Å². The minimum absolute atomic E-state index is 0.197. The quantitative estimate of drug-likeness (QED) is 0.664. The molecule has 4 rings (SSSR count). The highest BCUT2D eigenvalue weighted by Gasteiger charge is 2.50. The summed E-state index contributed by atoms with van der Waals surface area (Å²) in [4.78, 5) is 16.8. The van der Waals surface area contributed by atoms with Crippen LogP contribution in [0.3, 0.4) is 0 Å². The molecule has 3 aliphatic rings. The number of oxime groups is 1. The van der Waals surface area contributed by atoms with Crippen LogP contribution in [0, 0.1) is 23.1 Å². The summed E-state index contributed by atoms with van der Waals surface area (Å²) < 4.78 is 13.0. The number of anilines is 1. The Morgan fingerprint density at radius 2 is 2.35 bits per heavy atom. The standard InChI is InChI=1S/C18H21FN2O2/c1-18(2)13-7-6-12(16(18)8-13)10-20-23-11-17(22)21-15-5-3-4-14(19)9-15/h3-6,9-10,13,16H,7-8,11H2,1-2H3,(H,21,22)/b20-10+. The maximum Gasteiger partial charge on any atom is 0.265 e. The molecule has 0 aromatic heterocycles. The number of nitrogens with one attached hydrogen (secondary N) is 1. The summed E-state index contributed by atoms with van der Waals surface area (Å²) >= 11 is 0. The van der Waals surface area contributed by atoms with Crippen molar-refractivity contribution in [3.8, 4) is 0 Å². The average Bonchev–Trinajstić information content (AvgIpc) is 2.51. The van der Waals surface area contributed by atoms with Crippen LogP contribution in [0.15, 0.2) is 41.1 Å². The Hall–Kier alpha value is -2.17. The second kappa shape index (κ2) is 6.14. The number of benzene rings is 1. The molecule has 0 aliphatic heterocycles. The third-order valence-electron chi connectivity index (χ3n) is 5.09. The first-order valence-corrected chi connectivity index (χ1v) is 7.87. The first-order valence-electron chi connectivity index (χ1n) is 7.87. The maximum absolute atomic E-state index is 13.0. The van der Waals surface area contributed by atoms with E-state index in [4.69, 9.17) is 4.84 Å². The van der Waals surface area contributed by atoms with Crippen LogP contribution in [-0.2, 0) is 9.63 Å². The van der Waals surface area contributed by atoms with Crippen molar-refractivity contribution in [3.63, 3.8) is 0 Å². The van der Waals surface area contributed by atoms with Crippen LogP contribution >= 0.6 is 0 Å². The lowest BCUT2D eigenvalue weighted by atomic mass is 9.49. The number of allylic oxidation sites excluding steroid dienone is 2. The van der Waals surface area contributed by atoms with Crippen molar-refractivity contribution in [2.75, 3.05) is 11.9 Å². The van der Waals surface area contributed by atoms with Gasteiger partial charge in [-0.1, -0.05) is 31.1 Å². The summed E-state index contributed by atoms with van der Waals surface area (Å²) in [6.45, 7) is 4.39. The van der Waals surface area contributed by atoms with Crippen LogP contribution in [0.1, 0.15) is 26.7 Å². The Labute approximate surface area is 135 Å². The van der Waals surface area contributed by atoms with Gasteiger partial charge in [-0.15, -0.1) is 0 Å². The molecule has 1 fully saturated rings. The number of fused-ring (bicyclic) bond motifs is 1. The molecule has 2 atom stereocenters. The Kier molecular flexibility index (Phi) is 4.20. The first kappa shape index (κ1) is 15.7. The second-order valence-electron chi connectivity index (χ2n) is 6.81. The SMILES string of the molecule is CC1(C)C2CC=C(/C=N/OCC(=O)Nc3cccc(F)c3)C1C2. The van der Waals surface area contributed by atoms with Gasteiger partial charge in [0, 0.05) is 5.69 Å². The molecule has 23 heavy (non-hydrogen) atoms. The van der Waals surface area contributed by atoms with E-state index >= 15 is 0 Å². The number of halogens is 1. The third-order valence-corrected chi connectivity index (χ3v) is 5.09. The highest BCUT2D eigenvalue weighted by atomic mass is 19.1. The molecular formula is C18H21FN2O2. The molecular weight excluding hydrogens is 295 g/mol. The normalized spacial score (nSPS) is 24.7. The van der Waals surface area contributed by atoms with E-state index in [9.17, 15) is 9.18 Å². The van der Waals surface area contributed by atoms with Crippen molar-refractivity contribution < 1.29 is 14.0 Å². The molecule has 0 radical (unpaired) electrons. The average molecular weight is 316 g/mol. The van der Waals surface area contributed by atoms with Gasteiger partial charge in [0.2, 0.25) is 0 Å². The van der Waals surface area contributed by atoms with E-state index in [0.717, 1.165) is 12.3 Å². The van der Waals surface area contributed by atoms with Gasteiger partial charge in [0.25, 0.3) is 5.91 Å². The predicted octanol–water partition coefficient (Wildman–Crippen LogP) is 3.76. The summed E-state index contributed by atoms with van der Waals surface area (Å²) in [5.74, 6) is 0.555. The fraction of sp³-hybridized carbons (Fsp3) is 0.444. The van der Waals surface area contributed by atoms with Gasteiger partial charge in [0.1, 0.15) is 5.82 Å². The topological polar surface area (TPSA) is 50.7 Å². The summed E-state index contributed by atoms with van der Waals surface area (Å²) in [7, 11) is 0. The minimum atomic E-state index is -0.396. The fourth-order valence-corrected chi connectivity index (χ4v) is 3.50. The molecule has 4 nitrogen and oxygen atoms in total. The lowest BCUT2D eigenvalue weighted by molar-refractivity contribution is -0.120. The first-order chi connectivity index (χ1) is 11.0. The van der Waals surface area contributed by atoms with E-state index in [2.05, 4.69) is 30.4 Å². The summed E-state index contributed by atoms with van der Waals surface area (Å²) in [5.41, 5.74) is 1.94. The Bertz CT molecular complexity index is 667. The van der Waals surface area contributed by atoms with Gasteiger partial charge in [-0.25, -0.2) is 4.39 Å².